The molecule has 0 saturated carbocycles. The fourth-order valence-electron chi connectivity index (χ4n) is 2.29. The molecule has 1 unspecified atom stereocenters. The van der Waals surface area contributed by atoms with E-state index in [1.165, 1.54) is 17.8 Å². The molecule has 5 heteroatoms. The first-order valence-corrected chi connectivity index (χ1v) is 7.05. The number of hydrogen-bond donors (Lipinski definition) is 2. The van der Waals surface area contributed by atoms with E-state index in [2.05, 4.69) is 16.4 Å². The number of carbonyl (C=O) groups is 1. The van der Waals surface area contributed by atoms with Gasteiger partial charge in [-0.2, -0.15) is 0 Å². The average molecular weight is 304 g/mol. The van der Waals surface area contributed by atoms with Crippen molar-refractivity contribution in [3.05, 3.63) is 57.9 Å². The third-order valence-electron chi connectivity index (χ3n) is 3.34. The fraction of sp³-hybridized carbons (Fsp3) is 0.250. The van der Waals surface area contributed by atoms with Gasteiger partial charge in [-0.05, 0) is 38.0 Å². The molecule has 0 spiro atoms. The second-order valence-corrected chi connectivity index (χ2v) is 5.52. The minimum Gasteiger partial charge on any atom is -0.397 e. The van der Waals surface area contributed by atoms with Crippen LogP contribution in [0.2, 0.25) is 5.15 Å². The highest BCUT2D eigenvalue weighted by Gasteiger charge is 2.16. The number of halogens is 1. The van der Waals surface area contributed by atoms with Crippen LogP contribution in [0.15, 0.2) is 30.5 Å². The third kappa shape index (κ3) is 3.52. The summed E-state index contributed by atoms with van der Waals surface area (Å²) in [5.74, 6) is -0.285. The molecule has 3 N–H and O–H groups in total. The molecule has 0 aliphatic rings. The van der Waals surface area contributed by atoms with Crippen molar-refractivity contribution in [1.82, 2.24) is 10.3 Å². The molecular weight excluding hydrogens is 286 g/mol. The molecule has 0 bridgehead atoms. The predicted molar refractivity (Wildman–Crippen MR) is 85.5 cm³/mol. The van der Waals surface area contributed by atoms with E-state index in [9.17, 15) is 4.79 Å². The van der Waals surface area contributed by atoms with Gasteiger partial charge in [0.15, 0.2) is 0 Å². The summed E-state index contributed by atoms with van der Waals surface area (Å²) in [6.07, 6.45) is 1.42. The first kappa shape index (κ1) is 15.3. The van der Waals surface area contributed by atoms with E-state index >= 15 is 0 Å². The van der Waals surface area contributed by atoms with Crippen molar-refractivity contribution in [2.24, 2.45) is 0 Å². The van der Waals surface area contributed by atoms with Crippen molar-refractivity contribution in [2.75, 3.05) is 5.73 Å². The first-order valence-electron chi connectivity index (χ1n) is 6.67. The number of nitrogens with two attached hydrogens (primary N) is 1. The molecule has 0 saturated heterocycles. The monoisotopic (exact) mass is 303 g/mol. The standard InChI is InChI=1S/C16H18ClN3O/c1-9-4-5-13(10(2)6-9)11(3)20-16(21)14-7-12(18)8-19-15(14)17/h4-8,11H,18H2,1-3H3,(H,20,21). The SMILES string of the molecule is Cc1ccc(C(C)NC(=O)c2cc(N)cnc2Cl)c(C)c1. The number of rotatable bonds is 3. The maximum absolute atomic E-state index is 12.3. The van der Waals surface area contributed by atoms with Gasteiger partial charge in [0, 0.05) is 0 Å². The van der Waals surface area contributed by atoms with Crippen LogP contribution in [0, 0.1) is 13.8 Å². The van der Waals surface area contributed by atoms with Crippen molar-refractivity contribution in [1.29, 1.82) is 0 Å². The Hall–Kier alpha value is -2.07. The minimum absolute atomic E-state index is 0.129. The molecule has 4 nitrogen and oxygen atoms in total. The van der Waals surface area contributed by atoms with Gasteiger partial charge >= 0.3 is 0 Å². The van der Waals surface area contributed by atoms with Crippen LogP contribution >= 0.6 is 11.6 Å². The molecule has 21 heavy (non-hydrogen) atoms. The Balaban J connectivity index is 2.20. The van der Waals surface area contributed by atoms with Crippen LogP contribution in [-0.4, -0.2) is 10.9 Å². The van der Waals surface area contributed by atoms with Gasteiger partial charge in [0.2, 0.25) is 0 Å². The molecule has 2 aromatic rings. The zero-order chi connectivity index (χ0) is 15.6. The molecule has 0 fully saturated rings. The largest absolute Gasteiger partial charge is 0.397 e. The molecule has 110 valence electrons. The van der Waals surface area contributed by atoms with Crippen LogP contribution in [0.1, 0.15) is 40.0 Å². The molecule has 2 rings (SSSR count). The van der Waals surface area contributed by atoms with Gasteiger partial charge in [-0.3, -0.25) is 4.79 Å². The number of aromatic nitrogens is 1. The smallest absolute Gasteiger partial charge is 0.254 e. The van der Waals surface area contributed by atoms with Crippen LogP contribution in [0.4, 0.5) is 5.69 Å². The second-order valence-electron chi connectivity index (χ2n) is 5.16. The molecule has 1 amide bonds. The van der Waals surface area contributed by atoms with Gasteiger partial charge in [0.05, 0.1) is 23.5 Å². The zero-order valence-electron chi connectivity index (χ0n) is 12.3. The zero-order valence-corrected chi connectivity index (χ0v) is 13.0. The number of anilines is 1. The third-order valence-corrected chi connectivity index (χ3v) is 3.65. The van der Waals surface area contributed by atoms with E-state index in [-0.39, 0.29) is 22.7 Å². The Morgan fingerprint density at radius 1 is 1.33 bits per heavy atom. The van der Waals surface area contributed by atoms with Crippen LogP contribution in [0.3, 0.4) is 0 Å². The predicted octanol–water partition coefficient (Wildman–Crippen LogP) is 3.43. The summed E-state index contributed by atoms with van der Waals surface area (Å²) in [4.78, 5) is 16.2. The maximum atomic E-state index is 12.3. The quantitative estimate of drug-likeness (QED) is 0.854. The average Bonchev–Trinajstić information content (AvgIpc) is 2.41. The number of aryl methyl sites for hydroxylation is 2. The first-order chi connectivity index (χ1) is 9.88. The van der Waals surface area contributed by atoms with Crippen molar-refractivity contribution < 1.29 is 4.79 Å². The topological polar surface area (TPSA) is 68.0 Å². The van der Waals surface area contributed by atoms with Gasteiger partial charge in [0.25, 0.3) is 5.91 Å². The van der Waals surface area contributed by atoms with Crippen LogP contribution < -0.4 is 11.1 Å². The molecule has 0 aliphatic heterocycles. The number of pyridine rings is 1. The Labute approximate surface area is 129 Å². The van der Waals surface area contributed by atoms with Gasteiger partial charge in [-0.1, -0.05) is 35.4 Å². The van der Waals surface area contributed by atoms with Gasteiger partial charge < -0.3 is 11.1 Å². The van der Waals surface area contributed by atoms with Crippen LogP contribution in [0.25, 0.3) is 0 Å². The number of nitrogen functional groups attached to an aromatic ring is 1. The van der Waals surface area contributed by atoms with Crippen molar-refractivity contribution in [3.8, 4) is 0 Å². The highest BCUT2D eigenvalue weighted by Crippen LogP contribution is 2.21. The lowest BCUT2D eigenvalue weighted by atomic mass is 10.00. The van der Waals surface area contributed by atoms with Crippen molar-refractivity contribution in [3.63, 3.8) is 0 Å². The number of benzene rings is 1. The number of carbonyl (C=O) groups excluding carboxylic acids is 1. The summed E-state index contributed by atoms with van der Waals surface area (Å²) in [6.45, 7) is 6.00. The highest BCUT2D eigenvalue weighted by atomic mass is 35.5. The summed E-state index contributed by atoms with van der Waals surface area (Å²) in [6, 6.07) is 7.54. The Bertz CT molecular complexity index is 685. The van der Waals surface area contributed by atoms with E-state index in [0.717, 1.165) is 11.1 Å². The Kier molecular flexibility index (Phi) is 4.48. The normalized spacial score (nSPS) is 12.0. The molecular formula is C16H18ClN3O. The molecule has 1 aromatic heterocycles. The molecule has 0 aliphatic carbocycles. The van der Waals surface area contributed by atoms with Crippen molar-refractivity contribution >= 4 is 23.2 Å². The highest BCUT2D eigenvalue weighted by molar-refractivity contribution is 6.32. The molecule has 0 radical (unpaired) electrons. The van der Waals surface area contributed by atoms with E-state index < -0.39 is 0 Å². The van der Waals surface area contributed by atoms with Crippen LogP contribution in [0.5, 0.6) is 0 Å². The van der Waals surface area contributed by atoms with E-state index in [1.54, 1.807) is 0 Å². The Morgan fingerprint density at radius 3 is 2.71 bits per heavy atom. The van der Waals surface area contributed by atoms with Gasteiger partial charge in [-0.25, -0.2) is 4.98 Å². The number of nitrogens with zero attached hydrogens (tertiary/aromatic N) is 1. The lowest BCUT2D eigenvalue weighted by Gasteiger charge is -2.17. The van der Waals surface area contributed by atoms with Crippen molar-refractivity contribution in [2.45, 2.75) is 26.8 Å². The fourth-order valence-corrected chi connectivity index (χ4v) is 2.48. The maximum Gasteiger partial charge on any atom is 0.254 e. The second kappa shape index (κ2) is 6.14. The summed E-state index contributed by atoms with van der Waals surface area (Å²) in [5, 5.41) is 3.07. The molecule has 1 aromatic carbocycles. The number of hydrogen-bond acceptors (Lipinski definition) is 3. The van der Waals surface area contributed by atoms with E-state index in [0.29, 0.717) is 5.69 Å². The van der Waals surface area contributed by atoms with Gasteiger partial charge in [0.1, 0.15) is 5.15 Å². The van der Waals surface area contributed by atoms with Gasteiger partial charge in [-0.15, -0.1) is 0 Å². The lowest BCUT2D eigenvalue weighted by molar-refractivity contribution is 0.0939. The van der Waals surface area contributed by atoms with Crippen LogP contribution in [-0.2, 0) is 0 Å². The summed E-state index contributed by atoms with van der Waals surface area (Å²) >= 11 is 5.95. The number of amides is 1. The number of nitrogens with one attached hydrogen (secondary N) is 1. The molecule has 1 atom stereocenters. The summed E-state index contributed by atoms with van der Waals surface area (Å²) in [5.41, 5.74) is 9.74. The summed E-state index contributed by atoms with van der Waals surface area (Å²) < 4.78 is 0. The van der Waals surface area contributed by atoms with E-state index in [4.69, 9.17) is 17.3 Å². The summed E-state index contributed by atoms with van der Waals surface area (Å²) in [7, 11) is 0. The Morgan fingerprint density at radius 2 is 2.05 bits per heavy atom. The lowest BCUT2D eigenvalue weighted by Crippen LogP contribution is -2.27. The van der Waals surface area contributed by atoms with E-state index in [1.807, 2.05) is 32.9 Å². The molecule has 1 heterocycles. The minimum atomic E-state index is -0.285.